The van der Waals surface area contributed by atoms with Crippen molar-refractivity contribution in [1.29, 1.82) is 0 Å². The van der Waals surface area contributed by atoms with Gasteiger partial charge in [0, 0.05) is 6.42 Å². The Morgan fingerprint density at radius 2 is 2.00 bits per heavy atom. The molecule has 0 radical (unpaired) electrons. The van der Waals surface area contributed by atoms with Gasteiger partial charge in [-0.05, 0) is 37.8 Å². The Hall–Kier alpha value is -1.22. The first-order valence-corrected chi connectivity index (χ1v) is 5.89. The zero-order chi connectivity index (χ0) is 11.2. The monoisotopic (exact) mass is 220 g/mol. The maximum Gasteiger partial charge on any atom is 0.129 e. The molecule has 1 aliphatic carbocycles. The van der Waals surface area contributed by atoms with Crippen molar-refractivity contribution in [2.75, 3.05) is 0 Å². The van der Waals surface area contributed by atoms with Gasteiger partial charge in [0.15, 0.2) is 0 Å². The van der Waals surface area contributed by atoms with Crippen LogP contribution in [-0.4, -0.2) is 15.8 Å². The normalized spacial score (nSPS) is 26.4. The first-order valence-electron chi connectivity index (χ1n) is 5.89. The fourth-order valence-corrected chi connectivity index (χ4v) is 3.01. The number of phenols is 1. The van der Waals surface area contributed by atoms with Crippen molar-refractivity contribution in [1.82, 2.24) is 0 Å². The van der Waals surface area contributed by atoms with Crippen LogP contribution in [0.2, 0.25) is 0 Å². The Bertz CT molecular complexity index is 408. The van der Waals surface area contributed by atoms with E-state index >= 15 is 0 Å². The Morgan fingerprint density at radius 1 is 1.25 bits per heavy atom. The van der Waals surface area contributed by atoms with Gasteiger partial charge >= 0.3 is 0 Å². The van der Waals surface area contributed by atoms with E-state index in [0.717, 1.165) is 12.8 Å². The van der Waals surface area contributed by atoms with Crippen LogP contribution in [0.4, 0.5) is 0 Å². The molecule has 2 N–H and O–H groups in total. The fraction of sp³-hybridized carbons (Fsp3) is 0.538. The number of rotatable bonds is 0. The number of phenolic OH excluding ortho intramolecular Hbond substituents is 1. The van der Waals surface area contributed by atoms with Crippen LogP contribution in [0.3, 0.4) is 0 Å². The van der Waals surface area contributed by atoms with Crippen molar-refractivity contribution >= 4 is 0 Å². The van der Waals surface area contributed by atoms with Crippen molar-refractivity contribution in [3.05, 3.63) is 23.8 Å². The zero-order valence-corrected chi connectivity index (χ0v) is 9.15. The van der Waals surface area contributed by atoms with E-state index in [1.54, 1.807) is 12.1 Å². The van der Waals surface area contributed by atoms with Crippen LogP contribution in [0, 0.1) is 0 Å². The molecule has 2 aliphatic rings. The predicted octanol–water partition coefficient (Wildman–Crippen LogP) is 2.52. The van der Waals surface area contributed by atoms with Gasteiger partial charge < -0.3 is 14.9 Å². The molecular formula is C13H16O3. The van der Waals surface area contributed by atoms with Crippen molar-refractivity contribution in [2.45, 2.75) is 43.8 Å². The summed E-state index contributed by atoms with van der Waals surface area (Å²) in [4.78, 5) is 0. The van der Waals surface area contributed by atoms with Gasteiger partial charge in [0.05, 0.1) is 11.7 Å². The van der Waals surface area contributed by atoms with E-state index < -0.39 is 6.10 Å². The highest BCUT2D eigenvalue weighted by Gasteiger charge is 2.43. The summed E-state index contributed by atoms with van der Waals surface area (Å²) in [5.74, 6) is 0.790. The molecule has 86 valence electrons. The lowest BCUT2D eigenvalue weighted by atomic mass is 9.87. The molecule has 0 amide bonds. The predicted molar refractivity (Wildman–Crippen MR) is 59.5 cm³/mol. The molecule has 1 saturated carbocycles. The van der Waals surface area contributed by atoms with E-state index in [4.69, 9.17) is 4.74 Å². The summed E-state index contributed by atoms with van der Waals surface area (Å²) in [6, 6.07) is 5.18. The van der Waals surface area contributed by atoms with Crippen LogP contribution in [-0.2, 0) is 0 Å². The number of fused-ring (bicyclic) bond motifs is 1. The number of aliphatic hydroxyl groups is 1. The second kappa shape index (κ2) is 3.39. The van der Waals surface area contributed by atoms with Gasteiger partial charge in [-0.2, -0.15) is 0 Å². The molecule has 1 spiro atoms. The molecular weight excluding hydrogens is 204 g/mol. The topological polar surface area (TPSA) is 49.7 Å². The second-order valence-electron chi connectivity index (χ2n) is 4.90. The van der Waals surface area contributed by atoms with Crippen molar-refractivity contribution < 1.29 is 14.9 Å². The number of aromatic hydroxyl groups is 1. The van der Waals surface area contributed by atoms with E-state index in [1.165, 1.54) is 12.8 Å². The SMILES string of the molecule is Oc1cccc2c1C(O)CC1(CCCC1)O2. The van der Waals surface area contributed by atoms with Crippen LogP contribution in [0.5, 0.6) is 11.5 Å². The van der Waals surface area contributed by atoms with Gasteiger partial charge in [0.25, 0.3) is 0 Å². The highest BCUT2D eigenvalue weighted by molar-refractivity contribution is 5.47. The molecule has 1 atom stereocenters. The molecule has 1 aromatic rings. The van der Waals surface area contributed by atoms with E-state index in [0.29, 0.717) is 17.7 Å². The molecule has 3 heteroatoms. The van der Waals surface area contributed by atoms with Crippen LogP contribution in [0.15, 0.2) is 18.2 Å². The maximum absolute atomic E-state index is 10.1. The average molecular weight is 220 g/mol. The highest BCUT2D eigenvalue weighted by atomic mass is 16.5. The number of benzene rings is 1. The van der Waals surface area contributed by atoms with E-state index in [2.05, 4.69) is 0 Å². The van der Waals surface area contributed by atoms with Gasteiger partial charge in [-0.15, -0.1) is 0 Å². The molecule has 1 aromatic carbocycles. The first-order chi connectivity index (χ1) is 7.70. The number of hydrogen-bond acceptors (Lipinski definition) is 3. The molecule has 3 rings (SSSR count). The van der Waals surface area contributed by atoms with Crippen LogP contribution < -0.4 is 4.74 Å². The van der Waals surface area contributed by atoms with E-state index in [1.807, 2.05) is 6.07 Å². The summed E-state index contributed by atoms with van der Waals surface area (Å²) >= 11 is 0. The quantitative estimate of drug-likeness (QED) is 0.706. The van der Waals surface area contributed by atoms with Crippen LogP contribution >= 0.6 is 0 Å². The number of hydrogen-bond donors (Lipinski definition) is 2. The van der Waals surface area contributed by atoms with Gasteiger partial charge in [-0.25, -0.2) is 0 Å². The van der Waals surface area contributed by atoms with Gasteiger partial charge in [0.2, 0.25) is 0 Å². The largest absolute Gasteiger partial charge is 0.507 e. The maximum atomic E-state index is 10.1. The third-order valence-corrected chi connectivity index (χ3v) is 3.78. The summed E-state index contributed by atoms with van der Waals surface area (Å²) in [6.07, 6.45) is 4.38. The summed E-state index contributed by atoms with van der Waals surface area (Å²) < 4.78 is 6.01. The standard InChI is InChI=1S/C13H16O3/c14-9-4-3-5-11-12(9)10(15)8-13(16-11)6-1-2-7-13/h3-5,10,14-15H,1-2,6-8H2. The summed E-state index contributed by atoms with van der Waals surface area (Å²) in [5.41, 5.74) is 0.375. The summed E-state index contributed by atoms with van der Waals surface area (Å²) in [7, 11) is 0. The van der Waals surface area contributed by atoms with Gasteiger partial charge in [-0.1, -0.05) is 6.07 Å². The van der Waals surface area contributed by atoms with Crippen molar-refractivity contribution in [3.8, 4) is 11.5 Å². The lowest BCUT2D eigenvalue weighted by molar-refractivity contribution is -0.0106. The third-order valence-electron chi connectivity index (χ3n) is 3.78. The Balaban J connectivity index is 2.02. The van der Waals surface area contributed by atoms with Crippen LogP contribution in [0.1, 0.15) is 43.8 Å². The molecule has 16 heavy (non-hydrogen) atoms. The molecule has 0 aromatic heterocycles. The van der Waals surface area contributed by atoms with Gasteiger partial charge in [0.1, 0.15) is 17.1 Å². The average Bonchev–Trinajstić information content (AvgIpc) is 2.65. The summed E-state index contributed by atoms with van der Waals surface area (Å²) in [5, 5.41) is 19.8. The Labute approximate surface area is 94.7 Å². The Kier molecular flexibility index (Phi) is 2.11. The lowest BCUT2D eigenvalue weighted by Gasteiger charge is -2.38. The van der Waals surface area contributed by atoms with E-state index in [9.17, 15) is 10.2 Å². The zero-order valence-electron chi connectivity index (χ0n) is 9.15. The number of ether oxygens (including phenoxy) is 1. The molecule has 1 heterocycles. The first kappa shape index (κ1) is 9.97. The van der Waals surface area contributed by atoms with Crippen molar-refractivity contribution in [2.24, 2.45) is 0 Å². The fourth-order valence-electron chi connectivity index (χ4n) is 3.01. The molecule has 1 fully saturated rings. The van der Waals surface area contributed by atoms with Crippen LogP contribution in [0.25, 0.3) is 0 Å². The Morgan fingerprint density at radius 3 is 2.75 bits per heavy atom. The number of aliphatic hydroxyl groups excluding tert-OH is 1. The summed E-state index contributed by atoms with van der Waals surface area (Å²) in [6.45, 7) is 0. The molecule has 1 unspecified atom stereocenters. The minimum atomic E-state index is -0.594. The third kappa shape index (κ3) is 1.39. The highest BCUT2D eigenvalue weighted by Crippen LogP contribution is 2.49. The van der Waals surface area contributed by atoms with Gasteiger partial charge in [-0.3, -0.25) is 0 Å². The smallest absolute Gasteiger partial charge is 0.129 e. The minimum absolute atomic E-state index is 0.137. The molecule has 3 nitrogen and oxygen atoms in total. The molecule has 0 bridgehead atoms. The van der Waals surface area contributed by atoms with Crippen molar-refractivity contribution in [3.63, 3.8) is 0 Å². The van der Waals surface area contributed by atoms with E-state index in [-0.39, 0.29) is 11.4 Å². The minimum Gasteiger partial charge on any atom is -0.507 e. The second-order valence-corrected chi connectivity index (χ2v) is 4.90. The lowest BCUT2D eigenvalue weighted by Crippen LogP contribution is -2.38. The molecule has 0 saturated heterocycles. The molecule has 1 aliphatic heterocycles.